The number of carboxylic acid groups (broad SMARTS) is 2. The second-order valence-electron chi connectivity index (χ2n) is 4.17. The molecule has 94 valence electrons. The van der Waals surface area contributed by atoms with Gasteiger partial charge >= 0.3 is 11.9 Å². The minimum absolute atomic E-state index is 0.0101. The summed E-state index contributed by atoms with van der Waals surface area (Å²) in [5, 5.41) is 17.5. The van der Waals surface area contributed by atoms with E-state index in [9.17, 15) is 9.59 Å². The lowest BCUT2D eigenvalue weighted by Gasteiger charge is -2.23. The molecule has 0 aliphatic rings. The zero-order valence-electron chi connectivity index (χ0n) is 9.74. The molecule has 0 spiro atoms. The Bertz CT molecular complexity index is 242. The zero-order valence-corrected chi connectivity index (χ0v) is 9.74. The SMILES string of the molecule is CCCCCC[C@](N)(CCC(=O)O)C(=O)O. The Morgan fingerprint density at radius 3 is 2.19 bits per heavy atom. The summed E-state index contributed by atoms with van der Waals surface area (Å²) < 4.78 is 0. The molecule has 0 saturated carbocycles. The molecule has 0 aromatic carbocycles. The molecule has 4 N–H and O–H groups in total. The van der Waals surface area contributed by atoms with Gasteiger partial charge in [0, 0.05) is 6.42 Å². The van der Waals surface area contributed by atoms with E-state index >= 15 is 0 Å². The molecule has 0 heterocycles. The molecular formula is C11H21NO4. The summed E-state index contributed by atoms with van der Waals surface area (Å²) in [5.74, 6) is -2.12. The van der Waals surface area contributed by atoms with E-state index in [2.05, 4.69) is 6.92 Å². The van der Waals surface area contributed by atoms with Gasteiger partial charge in [-0.3, -0.25) is 9.59 Å². The van der Waals surface area contributed by atoms with Crippen LogP contribution in [0.15, 0.2) is 0 Å². The van der Waals surface area contributed by atoms with Gasteiger partial charge in [-0.15, -0.1) is 0 Å². The number of carboxylic acids is 2. The smallest absolute Gasteiger partial charge is 0.323 e. The molecule has 0 unspecified atom stereocenters. The third-order valence-corrected chi connectivity index (χ3v) is 2.69. The van der Waals surface area contributed by atoms with Crippen molar-refractivity contribution in [2.24, 2.45) is 5.73 Å². The van der Waals surface area contributed by atoms with Gasteiger partial charge in [-0.2, -0.15) is 0 Å². The molecule has 0 bridgehead atoms. The van der Waals surface area contributed by atoms with Crippen molar-refractivity contribution in [3.05, 3.63) is 0 Å². The van der Waals surface area contributed by atoms with E-state index in [0.717, 1.165) is 25.7 Å². The van der Waals surface area contributed by atoms with Gasteiger partial charge in [0.2, 0.25) is 0 Å². The minimum atomic E-state index is -1.38. The van der Waals surface area contributed by atoms with Gasteiger partial charge in [0.1, 0.15) is 5.54 Å². The fourth-order valence-electron chi connectivity index (χ4n) is 1.54. The van der Waals surface area contributed by atoms with Crippen LogP contribution in [-0.2, 0) is 9.59 Å². The molecule has 0 saturated heterocycles. The number of carbonyl (C=O) groups is 2. The van der Waals surface area contributed by atoms with E-state index in [0.29, 0.717) is 6.42 Å². The van der Waals surface area contributed by atoms with Crippen molar-refractivity contribution in [2.75, 3.05) is 0 Å². The Hall–Kier alpha value is -1.10. The molecule has 5 nitrogen and oxygen atoms in total. The van der Waals surface area contributed by atoms with Crippen molar-refractivity contribution in [3.63, 3.8) is 0 Å². The summed E-state index contributed by atoms with van der Waals surface area (Å²) in [5.41, 5.74) is 4.33. The third kappa shape index (κ3) is 5.70. The molecule has 0 fully saturated rings. The molecule has 16 heavy (non-hydrogen) atoms. The lowest BCUT2D eigenvalue weighted by atomic mass is 9.88. The van der Waals surface area contributed by atoms with Crippen LogP contribution in [0.4, 0.5) is 0 Å². The van der Waals surface area contributed by atoms with Crippen LogP contribution in [0.25, 0.3) is 0 Å². The topological polar surface area (TPSA) is 101 Å². The second kappa shape index (κ2) is 7.22. The van der Waals surface area contributed by atoms with Crippen molar-refractivity contribution in [3.8, 4) is 0 Å². The van der Waals surface area contributed by atoms with Gasteiger partial charge in [0.15, 0.2) is 0 Å². The van der Waals surface area contributed by atoms with E-state index in [4.69, 9.17) is 15.9 Å². The summed E-state index contributed by atoms with van der Waals surface area (Å²) in [6, 6.07) is 0. The largest absolute Gasteiger partial charge is 0.481 e. The number of hydrogen-bond donors (Lipinski definition) is 3. The lowest BCUT2D eigenvalue weighted by Crippen LogP contribution is -2.48. The summed E-state index contributed by atoms with van der Waals surface area (Å²) >= 11 is 0. The summed E-state index contributed by atoms with van der Waals surface area (Å²) in [6.45, 7) is 2.07. The highest BCUT2D eigenvalue weighted by Crippen LogP contribution is 2.19. The number of aliphatic carboxylic acids is 2. The number of nitrogens with two attached hydrogens (primary N) is 1. The number of unbranched alkanes of at least 4 members (excludes halogenated alkanes) is 3. The fraction of sp³-hybridized carbons (Fsp3) is 0.818. The monoisotopic (exact) mass is 231 g/mol. The van der Waals surface area contributed by atoms with E-state index in [-0.39, 0.29) is 12.8 Å². The average molecular weight is 231 g/mol. The quantitative estimate of drug-likeness (QED) is 0.523. The maximum atomic E-state index is 11.0. The Kier molecular flexibility index (Phi) is 6.72. The minimum Gasteiger partial charge on any atom is -0.481 e. The Morgan fingerprint density at radius 1 is 1.12 bits per heavy atom. The molecule has 0 amide bonds. The van der Waals surface area contributed by atoms with Crippen LogP contribution < -0.4 is 5.73 Å². The number of rotatable bonds is 9. The normalized spacial score (nSPS) is 14.4. The maximum absolute atomic E-state index is 11.0. The van der Waals surface area contributed by atoms with Gasteiger partial charge in [-0.05, 0) is 12.8 Å². The van der Waals surface area contributed by atoms with Crippen LogP contribution in [0.2, 0.25) is 0 Å². The molecule has 5 heteroatoms. The molecule has 0 aromatic rings. The maximum Gasteiger partial charge on any atom is 0.323 e. The molecule has 0 aromatic heterocycles. The first-order chi connectivity index (χ1) is 7.42. The molecule has 0 rings (SSSR count). The summed E-state index contributed by atoms with van der Waals surface area (Å²) in [7, 11) is 0. The van der Waals surface area contributed by atoms with Crippen LogP contribution in [0, 0.1) is 0 Å². The zero-order chi connectivity index (χ0) is 12.6. The van der Waals surface area contributed by atoms with Crippen molar-refractivity contribution in [1.82, 2.24) is 0 Å². The van der Waals surface area contributed by atoms with Crippen molar-refractivity contribution >= 4 is 11.9 Å². The Morgan fingerprint density at radius 2 is 1.75 bits per heavy atom. The molecule has 1 atom stereocenters. The molecule has 0 radical (unpaired) electrons. The van der Waals surface area contributed by atoms with Gasteiger partial charge < -0.3 is 15.9 Å². The molecular weight excluding hydrogens is 210 g/mol. The first-order valence-electron chi connectivity index (χ1n) is 5.66. The standard InChI is InChI=1S/C11H21NO4/c1-2-3-4-5-7-11(12,10(15)16)8-6-9(13)14/h2-8,12H2,1H3,(H,13,14)(H,15,16)/t11-/m0/s1. The molecule has 0 aliphatic heterocycles. The van der Waals surface area contributed by atoms with Crippen molar-refractivity contribution in [2.45, 2.75) is 57.4 Å². The lowest BCUT2D eigenvalue weighted by molar-refractivity contribution is -0.144. The first kappa shape index (κ1) is 14.9. The van der Waals surface area contributed by atoms with Crippen LogP contribution in [0.1, 0.15) is 51.9 Å². The fourth-order valence-corrected chi connectivity index (χ4v) is 1.54. The van der Waals surface area contributed by atoms with Gasteiger partial charge in [-0.25, -0.2) is 0 Å². The first-order valence-corrected chi connectivity index (χ1v) is 5.66. The summed E-state index contributed by atoms with van der Waals surface area (Å²) in [4.78, 5) is 21.4. The predicted molar refractivity (Wildman–Crippen MR) is 60.2 cm³/mol. The highest BCUT2D eigenvalue weighted by atomic mass is 16.4. The van der Waals surface area contributed by atoms with E-state index in [1.54, 1.807) is 0 Å². The van der Waals surface area contributed by atoms with Gasteiger partial charge in [-0.1, -0.05) is 32.6 Å². The van der Waals surface area contributed by atoms with Gasteiger partial charge in [0.25, 0.3) is 0 Å². The van der Waals surface area contributed by atoms with Crippen molar-refractivity contribution < 1.29 is 19.8 Å². The molecule has 0 aliphatic carbocycles. The average Bonchev–Trinajstić information content (AvgIpc) is 2.21. The van der Waals surface area contributed by atoms with Crippen LogP contribution in [0.3, 0.4) is 0 Å². The number of hydrogen-bond acceptors (Lipinski definition) is 3. The predicted octanol–water partition coefficient (Wildman–Crippen LogP) is 1.60. The third-order valence-electron chi connectivity index (χ3n) is 2.69. The highest BCUT2D eigenvalue weighted by molar-refractivity contribution is 5.79. The van der Waals surface area contributed by atoms with Crippen LogP contribution in [0.5, 0.6) is 0 Å². The second-order valence-corrected chi connectivity index (χ2v) is 4.17. The Balaban J connectivity index is 4.12. The van der Waals surface area contributed by atoms with Crippen LogP contribution >= 0.6 is 0 Å². The van der Waals surface area contributed by atoms with E-state index < -0.39 is 17.5 Å². The van der Waals surface area contributed by atoms with Gasteiger partial charge in [0.05, 0.1) is 0 Å². The van der Waals surface area contributed by atoms with Crippen LogP contribution in [-0.4, -0.2) is 27.7 Å². The van der Waals surface area contributed by atoms with E-state index in [1.165, 1.54) is 0 Å². The highest BCUT2D eigenvalue weighted by Gasteiger charge is 2.33. The van der Waals surface area contributed by atoms with Crippen molar-refractivity contribution in [1.29, 1.82) is 0 Å². The summed E-state index contributed by atoms with van der Waals surface area (Å²) in [6.07, 6.45) is 3.93. The van der Waals surface area contributed by atoms with E-state index in [1.807, 2.05) is 0 Å². The Labute approximate surface area is 95.6 Å².